The first-order valence-electron chi connectivity index (χ1n) is 4.54. The zero-order valence-electron chi connectivity index (χ0n) is 8.10. The van der Waals surface area contributed by atoms with E-state index in [0.29, 0.717) is 6.61 Å². The van der Waals surface area contributed by atoms with Crippen LogP contribution in [0.3, 0.4) is 0 Å². The number of rotatable bonds is 4. The standard InChI is InChI=1S/C11H13O3/c1-2-8-13-11(12)14-9-10-6-4-3-5-7-10/h3-7,9H,2,8H2,1H3. The molecule has 0 aromatic heterocycles. The van der Waals surface area contributed by atoms with Gasteiger partial charge in [-0.3, -0.25) is 0 Å². The lowest BCUT2D eigenvalue weighted by Crippen LogP contribution is -2.06. The molecule has 1 rings (SSSR count). The molecule has 3 heteroatoms. The van der Waals surface area contributed by atoms with Gasteiger partial charge in [-0.1, -0.05) is 37.3 Å². The van der Waals surface area contributed by atoms with Crippen molar-refractivity contribution in [2.75, 3.05) is 6.61 Å². The maximum Gasteiger partial charge on any atom is 0.509 e. The summed E-state index contributed by atoms with van der Waals surface area (Å²) in [5.74, 6) is 0. The lowest BCUT2D eigenvalue weighted by molar-refractivity contribution is 0.0767. The number of carbonyl (C=O) groups excluding carboxylic acids is 1. The average Bonchev–Trinajstić information content (AvgIpc) is 2.25. The molecule has 0 saturated carbocycles. The Morgan fingerprint density at radius 2 is 2.07 bits per heavy atom. The molecule has 0 N–H and O–H groups in total. The second kappa shape index (κ2) is 6.02. The summed E-state index contributed by atoms with van der Waals surface area (Å²) in [4.78, 5) is 10.9. The lowest BCUT2D eigenvalue weighted by atomic mass is 10.2. The van der Waals surface area contributed by atoms with Crippen LogP contribution in [0.15, 0.2) is 30.3 Å². The van der Waals surface area contributed by atoms with Crippen molar-refractivity contribution in [3.63, 3.8) is 0 Å². The quantitative estimate of drug-likeness (QED) is 0.690. The molecule has 1 aromatic rings. The predicted molar refractivity (Wildman–Crippen MR) is 52.6 cm³/mol. The van der Waals surface area contributed by atoms with Crippen molar-refractivity contribution in [3.05, 3.63) is 42.5 Å². The van der Waals surface area contributed by atoms with E-state index in [2.05, 4.69) is 0 Å². The third kappa shape index (κ3) is 3.94. The molecule has 75 valence electrons. The minimum absolute atomic E-state index is 0.390. The van der Waals surface area contributed by atoms with Crippen LogP contribution < -0.4 is 0 Å². The van der Waals surface area contributed by atoms with Crippen molar-refractivity contribution in [1.29, 1.82) is 0 Å². The van der Waals surface area contributed by atoms with Crippen molar-refractivity contribution in [3.8, 4) is 0 Å². The Morgan fingerprint density at radius 1 is 1.36 bits per heavy atom. The molecular formula is C11H13O3. The van der Waals surface area contributed by atoms with E-state index in [1.165, 1.54) is 6.61 Å². The van der Waals surface area contributed by atoms with E-state index in [1.54, 1.807) is 0 Å². The molecule has 1 aromatic carbocycles. The Bertz CT molecular complexity index is 269. The van der Waals surface area contributed by atoms with E-state index >= 15 is 0 Å². The van der Waals surface area contributed by atoms with Crippen LogP contribution in [0.4, 0.5) is 4.79 Å². The van der Waals surface area contributed by atoms with Crippen molar-refractivity contribution in [2.45, 2.75) is 13.3 Å². The SMILES string of the molecule is CCCOC(=O)O[CH]c1ccccc1. The summed E-state index contributed by atoms with van der Waals surface area (Å²) in [6.07, 6.45) is 0.135. The van der Waals surface area contributed by atoms with E-state index in [-0.39, 0.29) is 0 Å². The molecule has 0 aliphatic carbocycles. The highest BCUT2D eigenvalue weighted by Crippen LogP contribution is 2.03. The van der Waals surface area contributed by atoms with Crippen molar-refractivity contribution in [2.24, 2.45) is 0 Å². The summed E-state index contributed by atoms with van der Waals surface area (Å²) in [5, 5.41) is 0. The van der Waals surface area contributed by atoms with E-state index in [0.717, 1.165) is 12.0 Å². The Hall–Kier alpha value is -1.51. The number of hydrogen-bond donors (Lipinski definition) is 0. The van der Waals surface area contributed by atoms with Crippen LogP contribution in [-0.4, -0.2) is 12.8 Å². The molecule has 3 nitrogen and oxygen atoms in total. The first-order chi connectivity index (χ1) is 6.83. The summed E-state index contributed by atoms with van der Waals surface area (Å²) < 4.78 is 9.46. The fourth-order valence-electron chi connectivity index (χ4n) is 0.867. The molecule has 0 aliphatic heterocycles. The fraction of sp³-hybridized carbons (Fsp3) is 0.273. The fourth-order valence-corrected chi connectivity index (χ4v) is 0.867. The van der Waals surface area contributed by atoms with Gasteiger partial charge in [0.1, 0.15) is 0 Å². The van der Waals surface area contributed by atoms with Crippen molar-refractivity contribution < 1.29 is 14.3 Å². The van der Waals surface area contributed by atoms with E-state index in [1.807, 2.05) is 37.3 Å². The lowest BCUT2D eigenvalue weighted by Gasteiger charge is -2.03. The van der Waals surface area contributed by atoms with Gasteiger partial charge < -0.3 is 9.47 Å². The summed E-state index contributed by atoms with van der Waals surface area (Å²) in [7, 11) is 0. The van der Waals surface area contributed by atoms with Crippen LogP contribution in [0, 0.1) is 6.61 Å². The van der Waals surface area contributed by atoms with Gasteiger partial charge in [0.05, 0.1) is 6.61 Å². The zero-order chi connectivity index (χ0) is 10.2. The number of benzene rings is 1. The molecule has 1 radical (unpaired) electrons. The Kier molecular flexibility index (Phi) is 4.55. The predicted octanol–water partition coefficient (Wildman–Crippen LogP) is 2.76. The van der Waals surface area contributed by atoms with Gasteiger partial charge in [-0.25, -0.2) is 4.79 Å². The molecule has 0 unspecified atom stereocenters. The van der Waals surface area contributed by atoms with Gasteiger partial charge >= 0.3 is 6.16 Å². The Balaban J connectivity index is 2.24. The summed E-state index contributed by atoms with van der Waals surface area (Å²) in [6.45, 7) is 3.69. The minimum atomic E-state index is -0.657. The highest BCUT2D eigenvalue weighted by molar-refractivity contribution is 5.60. The van der Waals surface area contributed by atoms with E-state index in [4.69, 9.17) is 9.47 Å². The van der Waals surface area contributed by atoms with E-state index in [9.17, 15) is 4.79 Å². The maximum atomic E-state index is 10.9. The van der Waals surface area contributed by atoms with Gasteiger partial charge in [0, 0.05) is 0 Å². The topological polar surface area (TPSA) is 35.5 Å². The average molecular weight is 193 g/mol. The molecule has 0 bridgehead atoms. The number of hydrogen-bond acceptors (Lipinski definition) is 3. The maximum absolute atomic E-state index is 10.9. The van der Waals surface area contributed by atoms with Crippen molar-refractivity contribution >= 4 is 6.16 Å². The zero-order valence-corrected chi connectivity index (χ0v) is 8.10. The van der Waals surface area contributed by atoms with Gasteiger partial charge in [0.2, 0.25) is 0 Å². The molecule has 0 spiro atoms. The molecule has 0 heterocycles. The molecule has 0 aliphatic rings. The first-order valence-corrected chi connectivity index (χ1v) is 4.54. The van der Waals surface area contributed by atoms with Gasteiger partial charge in [0.15, 0.2) is 6.61 Å². The second-order valence-corrected chi connectivity index (χ2v) is 2.74. The first kappa shape index (κ1) is 10.6. The van der Waals surface area contributed by atoms with Crippen LogP contribution in [0.1, 0.15) is 18.9 Å². The molecule has 0 amide bonds. The molecule has 0 fully saturated rings. The largest absolute Gasteiger partial charge is 0.509 e. The number of carbonyl (C=O) groups is 1. The number of ether oxygens (including phenoxy) is 2. The Morgan fingerprint density at radius 3 is 2.71 bits per heavy atom. The normalized spacial score (nSPS) is 9.50. The van der Waals surface area contributed by atoms with Gasteiger partial charge in [-0.15, -0.1) is 0 Å². The van der Waals surface area contributed by atoms with Crippen LogP contribution >= 0.6 is 0 Å². The van der Waals surface area contributed by atoms with Gasteiger partial charge in [0.25, 0.3) is 0 Å². The molecule has 14 heavy (non-hydrogen) atoms. The van der Waals surface area contributed by atoms with Crippen LogP contribution in [0.2, 0.25) is 0 Å². The monoisotopic (exact) mass is 193 g/mol. The molecular weight excluding hydrogens is 180 g/mol. The van der Waals surface area contributed by atoms with Gasteiger partial charge in [-0.2, -0.15) is 0 Å². The summed E-state index contributed by atoms with van der Waals surface area (Å²) >= 11 is 0. The smallest absolute Gasteiger partial charge is 0.434 e. The third-order valence-corrected chi connectivity index (χ3v) is 1.51. The van der Waals surface area contributed by atoms with Crippen LogP contribution in [-0.2, 0) is 9.47 Å². The van der Waals surface area contributed by atoms with Gasteiger partial charge in [-0.05, 0) is 12.0 Å². The van der Waals surface area contributed by atoms with Crippen LogP contribution in [0.25, 0.3) is 0 Å². The Labute approximate surface area is 83.6 Å². The summed E-state index contributed by atoms with van der Waals surface area (Å²) in [6, 6.07) is 9.31. The second-order valence-electron chi connectivity index (χ2n) is 2.74. The molecule has 0 atom stereocenters. The van der Waals surface area contributed by atoms with Crippen LogP contribution in [0.5, 0.6) is 0 Å². The molecule has 0 saturated heterocycles. The van der Waals surface area contributed by atoms with E-state index < -0.39 is 6.16 Å². The minimum Gasteiger partial charge on any atom is -0.434 e. The highest BCUT2D eigenvalue weighted by Gasteiger charge is 2.03. The summed E-state index contributed by atoms with van der Waals surface area (Å²) in [5.41, 5.74) is 0.834. The van der Waals surface area contributed by atoms with Crippen molar-refractivity contribution in [1.82, 2.24) is 0 Å². The highest BCUT2D eigenvalue weighted by atomic mass is 16.7. The third-order valence-electron chi connectivity index (χ3n) is 1.51.